The fourth-order valence-electron chi connectivity index (χ4n) is 4.07. The van der Waals surface area contributed by atoms with Crippen molar-refractivity contribution in [3.05, 3.63) is 23.2 Å². The van der Waals surface area contributed by atoms with Crippen molar-refractivity contribution in [3.8, 4) is 0 Å². The molecule has 3 aliphatic heterocycles. The van der Waals surface area contributed by atoms with Crippen LogP contribution in [0.3, 0.4) is 0 Å². The van der Waals surface area contributed by atoms with Gasteiger partial charge < -0.3 is 15.1 Å². The molecule has 4 rings (SSSR count). The maximum Gasteiger partial charge on any atom is 0.248 e. The first-order valence-electron chi connectivity index (χ1n) is 8.79. The lowest BCUT2D eigenvalue weighted by molar-refractivity contribution is -0.135. The number of hydrogen-bond donors (Lipinski definition) is 1. The highest BCUT2D eigenvalue weighted by molar-refractivity contribution is 8.01. The third-order valence-electron chi connectivity index (χ3n) is 5.41. The lowest BCUT2D eigenvalue weighted by atomic mass is 10.2. The molecule has 2 unspecified atom stereocenters. The van der Waals surface area contributed by atoms with Gasteiger partial charge in [-0.3, -0.25) is 9.59 Å². The molecule has 7 heteroatoms. The molecule has 1 aromatic rings. The number of hydrogen-bond acceptors (Lipinski definition) is 4. The SMILES string of the molecule is CC12CCC(=O)N1C(C(=O)Nc1cc(Cl)ccc1N1CCCC1)CS2. The normalized spacial score (nSPS) is 28.6. The second-order valence-corrected chi connectivity index (χ2v) is 9.05. The summed E-state index contributed by atoms with van der Waals surface area (Å²) < 4.78 is 0. The number of halogens is 1. The van der Waals surface area contributed by atoms with Crippen LogP contribution in [0.25, 0.3) is 0 Å². The number of fused-ring (bicyclic) bond motifs is 1. The van der Waals surface area contributed by atoms with Gasteiger partial charge in [-0.2, -0.15) is 0 Å². The number of anilines is 2. The average Bonchev–Trinajstić information content (AvgIpc) is 3.26. The van der Waals surface area contributed by atoms with Crippen molar-refractivity contribution in [3.63, 3.8) is 0 Å². The number of carbonyl (C=O) groups excluding carboxylic acids is 2. The van der Waals surface area contributed by atoms with Crippen LogP contribution in [0.1, 0.15) is 32.6 Å². The zero-order valence-corrected chi connectivity index (χ0v) is 15.8. The highest BCUT2D eigenvalue weighted by Gasteiger charge is 2.52. The number of carbonyl (C=O) groups is 2. The van der Waals surface area contributed by atoms with Crippen LogP contribution < -0.4 is 10.2 Å². The van der Waals surface area contributed by atoms with E-state index in [1.54, 1.807) is 22.7 Å². The maximum absolute atomic E-state index is 12.9. The first-order chi connectivity index (χ1) is 12.0. The van der Waals surface area contributed by atoms with E-state index in [4.69, 9.17) is 11.6 Å². The molecule has 1 N–H and O–H groups in total. The second kappa shape index (κ2) is 6.40. The van der Waals surface area contributed by atoms with Gasteiger partial charge in [0.05, 0.1) is 16.2 Å². The molecule has 0 spiro atoms. The Morgan fingerprint density at radius 1 is 1.36 bits per heavy atom. The predicted molar refractivity (Wildman–Crippen MR) is 102 cm³/mol. The van der Waals surface area contributed by atoms with Gasteiger partial charge >= 0.3 is 0 Å². The predicted octanol–water partition coefficient (Wildman–Crippen LogP) is 3.33. The van der Waals surface area contributed by atoms with Crippen LogP contribution in [0.5, 0.6) is 0 Å². The lowest BCUT2D eigenvalue weighted by Gasteiger charge is -2.30. The van der Waals surface area contributed by atoms with E-state index in [2.05, 4.69) is 17.1 Å². The summed E-state index contributed by atoms with van der Waals surface area (Å²) in [4.78, 5) is 29.0. The molecule has 3 fully saturated rings. The molecule has 134 valence electrons. The van der Waals surface area contributed by atoms with Crippen LogP contribution in [0, 0.1) is 0 Å². The maximum atomic E-state index is 12.9. The molecule has 2 amide bonds. The van der Waals surface area contributed by atoms with E-state index in [9.17, 15) is 9.59 Å². The summed E-state index contributed by atoms with van der Waals surface area (Å²) in [5.41, 5.74) is 1.75. The first kappa shape index (κ1) is 17.0. The molecule has 0 aliphatic carbocycles. The van der Waals surface area contributed by atoms with E-state index in [1.807, 2.05) is 12.1 Å². The van der Waals surface area contributed by atoms with Crippen LogP contribution in [0.15, 0.2) is 18.2 Å². The Morgan fingerprint density at radius 2 is 2.12 bits per heavy atom. The Kier molecular flexibility index (Phi) is 4.36. The molecule has 25 heavy (non-hydrogen) atoms. The van der Waals surface area contributed by atoms with Crippen LogP contribution in [0.2, 0.25) is 5.02 Å². The van der Waals surface area contributed by atoms with Crippen LogP contribution in [0.4, 0.5) is 11.4 Å². The molecule has 3 saturated heterocycles. The van der Waals surface area contributed by atoms with Crippen molar-refractivity contribution in [2.24, 2.45) is 0 Å². The van der Waals surface area contributed by atoms with Crippen molar-refractivity contribution >= 4 is 46.6 Å². The Morgan fingerprint density at radius 3 is 2.88 bits per heavy atom. The molecular weight excluding hydrogens is 358 g/mol. The van der Waals surface area contributed by atoms with Gasteiger partial charge in [-0.25, -0.2) is 0 Å². The Bertz CT molecular complexity index is 722. The largest absolute Gasteiger partial charge is 0.370 e. The Hall–Kier alpha value is -1.40. The summed E-state index contributed by atoms with van der Waals surface area (Å²) in [7, 11) is 0. The number of amides is 2. The molecular formula is C18H22ClN3O2S. The zero-order chi connectivity index (χ0) is 17.6. The van der Waals surface area contributed by atoms with Crippen molar-refractivity contribution in [1.82, 2.24) is 4.90 Å². The van der Waals surface area contributed by atoms with Gasteiger partial charge in [0.1, 0.15) is 6.04 Å². The van der Waals surface area contributed by atoms with Gasteiger partial charge in [0, 0.05) is 30.3 Å². The van der Waals surface area contributed by atoms with Gasteiger partial charge in [-0.1, -0.05) is 11.6 Å². The molecule has 0 aromatic heterocycles. The Balaban J connectivity index is 1.57. The monoisotopic (exact) mass is 379 g/mol. The zero-order valence-electron chi connectivity index (χ0n) is 14.3. The third kappa shape index (κ3) is 2.99. The molecule has 0 bridgehead atoms. The molecule has 3 heterocycles. The van der Waals surface area contributed by atoms with E-state index >= 15 is 0 Å². The molecule has 3 aliphatic rings. The van der Waals surface area contributed by atoms with Gasteiger partial charge in [-0.15, -0.1) is 11.8 Å². The average molecular weight is 380 g/mol. The number of rotatable bonds is 3. The summed E-state index contributed by atoms with van der Waals surface area (Å²) in [5.74, 6) is 0.612. The van der Waals surface area contributed by atoms with E-state index in [0.717, 1.165) is 43.7 Å². The van der Waals surface area contributed by atoms with Crippen LogP contribution in [-0.4, -0.2) is 46.5 Å². The fourth-order valence-corrected chi connectivity index (χ4v) is 5.68. The van der Waals surface area contributed by atoms with Crippen LogP contribution in [-0.2, 0) is 9.59 Å². The minimum absolute atomic E-state index is 0.0820. The summed E-state index contributed by atoms with van der Waals surface area (Å²) in [5, 5.41) is 3.65. The van der Waals surface area contributed by atoms with Gasteiger partial charge in [-0.05, 0) is 44.4 Å². The van der Waals surface area contributed by atoms with E-state index in [1.165, 1.54) is 0 Å². The number of thioether (sulfide) groups is 1. The number of nitrogens with one attached hydrogen (secondary N) is 1. The fraction of sp³-hybridized carbons (Fsp3) is 0.556. The van der Waals surface area contributed by atoms with Crippen molar-refractivity contribution in [2.75, 3.05) is 29.1 Å². The summed E-state index contributed by atoms with van der Waals surface area (Å²) in [6.07, 6.45) is 3.67. The van der Waals surface area contributed by atoms with E-state index in [0.29, 0.717) is 17.2 Å². The minimum atomic E-state index is -0.407. The second-order valence-electron chi connectivity index (χ2n) is 7.11. The van der Waals surface area contributed by atoms with Crippen molar-refractivity contribution in [1.29, 1.82) is 0 Å². The van der Waals surface area contributed by atoms with Gasteiger partial charge in [0.25, 0.3) is 0 Å². The standard InChI is InChI=1S/C18H22ClN3O2S/c1-18-7-6-16(23)22(18)15(11-25-18)17(24)20-13-10-12(19)4-5-14(13)21-8-2-3-9-21/h4-5,10,15H,2-3,6-9,11H2,1H3,(H,20,24). The van der Waals surface area contributed by atoms with Crippen molar-refractivity contribution < 1.29 is 9.59 Å². The quantitative estimate of drug-likeness (QED) is 0.875. The van der Waals surface area contributed by atoms with Gasteiger partial charge in [0.15, 0.2) is 0 Å². The Labute approximate surface area is 157 Å². The summed E-state index contributed by atoms with van der Waals surface area (Å²) >= 11 is 7.87. The first-order valence-corrected chi connectivity index (χ1v) is 10.2. The number of benzene rings is 1. The third-order valence-corrected chi connectivity index (χ3v) is 7.15. The molecule has 0 saturated carbocycles. The smallest absolute Gasteiger partial charge is 0.248 e. The minimum Gasteiger partial charge on any atom is -0.370 e. The van der Waals surface area contributed by atoms with Gasteiger partial charge in [0.2, 0.25) is 11.8 Å². The molecule has 1 aromatic carbocycles. The van der Waals surface area contributed by atoms with Crippen LogP contribution >= 0.6 is 23.4 Å². The highest BCUT2D eigenvalue weighted by Crippen LogP contribution is 2.47. The van der Waals surface area contributed by atoms with E-state index < -0.39 is 6.04 Å². The van der Waals surface area contributed by atoms with E-state index in [-0.39, 0.29) is 16.7 Å². The molecule has 2 atom stereocenters. The highest BCUT2D eigenvalue weighted by atomic mass is 35.5. The summed E-state index contributed by atoms with van der Waals surface area (Å²) in [6, 6.07) is 5.23. The lowest BCUT2D eigenvalue weighted by Crippen LogP contribution is -2.48. The summed E-state index contributed by atoms with van der Waals surface area (Å²) in [6.45, 7) is 4.05. The molecule has 5 nitrogen and oxygen atoms in total. The number of nitrogens with zero attached hydrogens (tertiary/aromatic N) is 2. The van der Waals surface area contributed by atoms with Crippen molar-refractivity contribution in [2.45, 2.75) is 43.5 Å². The molecule has 0 radical (unpaired) electrons. The topological polar surface area (TPSA) is 52.7 Å².